The van der Waals surface area contributed by atoms with E-state index in [9.17, 15) is 60.5 Å². The fourth-order valence-electron chi connectivity index (χ4n) is 7.40. The largest absolute Gasteiger partial charge is 2.00 e. The average molecular weight is 2260 g/mol. The second-order valence-electron chi connectivity index (χ2n) is 29.2. The molecule has 0 aliphatic carbocycles. The van der Waals surface area contributed by atoms with Gasteiger partial charge < -0.3 is 148 Å². The molecule has 0 radical (unpaired) electrons. The summed E-state index contributed by atoms with van der Waals surface area (Å²) in [6.45, 7) is 47.1. The summed E-state index contributed by atoms with van der Waals surface area (Å²) < 4.78 is 183. The minimum Gasteiger partial charge on any atom is -1.00 e. The zero-order chi connectivity index (χ0) is 96.7. The van der Waals surface area contributed by atoms with Crippen LogP contribution in [0.25, 0.3) is 0 Å². The molecule has 0 saturated carbocycles. The first-order valence-electron chi connectivity index (χ1n) is 39.5. The Hall–Kier alpha value is -0.510. The van der Waals surface area contributed by atoms with Crippen molar-refractivity contribution in [3.05, 3.63) is 56.0 Å². The van der Waals surface area contributed by atoms with Gasteiger partial charge in [0.15, 0.2) is 18.7 Å². The molecule has 0 amide bonds. The monoisotopic (exact) mass is 2250 g/mol. The molecule has 8 aliphatic rings. The number of aldehydes is 2. The SMILES string of the molecule is C.C.C.C.C.C.C.C.C.C=C(CBr)C(=O)OCC.C=C(COC1(C)COC1)C(=O)OCC.CC(/C=C\C(=O)O)COC1(C)COC1.CC(C=O)COC1(C)COC1.CC(CO)COC1(C)COC1.CC1(O)COC1.CCOC(=O)C(C)COC1(C)COC1.COC(=O)/C=C\C(C)COC1(C)COC1.COC(=O)C[P+](=O)OCC(F)(F)F.FF.O=C1COC1.O=CCF.[2H]CP.[2H]CS.[Br-].[CH3-].[H-].[H-].[K+].[Li+].[Mg+2].[Na+].[OH-]. The van der Waals surface area contributed by atoms with Crippen molar-refractivity contribution in [1.29, 1.82) is 0 Å². The van der Waals surface area contributed by atoms with Gasteiger partial charge in [0.05, 0.1) is 178 Å². The maximum atomic E-state index is 11.5. The maximum Gasteiger partial charge on any atom is 2.00 e. The number of aliphatic hydroxyl groups is 2. The van der Waals surface area contributed by atoms with Crippen LogP contribution in [0.3, 0.4) is 0 Å². The van der Waals surface area contributed by atoms with Crippen molar-refractivity contribution in [1.82, 2.24) is 0 Å². The summed E-state index contributed by atoms with van der Waals surface area (Å²) in [6, 6.07) is 0. The van der Waals surface area contributed by atoms with Crippen LogP contribution in [-0.2, 0) is 142 Å². The van der Waals surface area contributed by atoms with Crippen LogP contribution in [-0.4, -0.2) is 367 Å². The Kier molecular flexibility index (Phi) is 153. The van der Waals surface area contributed by atoms with Gasteiger partial charge in [-0.1, -0.05) is 142 Å². The number of hydrogen-bond donors (Lipinski definition) is 4. The Morgan fingerprint density at radius 3 is 1.12 bits per heavy atom. The maximum absolute atomic E-state index is 11.5. The summed E-state index contributed by atoms with van der Waals surface area (Å²) in [6.07, 6.45) is 2.09. The fourth-order valence-corrected chi connectivity index (χ4v) is 8.35. The van der Waals surface area contributed by atoms with E-state index in [0.717, 1.165) is 19.5 Å². The van der Waals surface area contributed by atoms with E-state index in [0.29, 0.717) is 182 Å². The van der Waals surface area contributed by atoms with Gasteiger partial charge in [-0.25, -0.2) is 28.4 Å². The second kappa shape index (κ2) is 114. The number of rotatable bonds is 36. The molecular weight excluding hydrogens is 2070 g/mol. The van der Waals surface area contributed by atoms with Gasteiger partial charge >= 0.3 is 173 Å². The molecule has 0 aromatic rings. The van der Waals surface area contributed by atoms with Gasteiger partial charge in [0.2, 0.25) is 0 Å². The Morgan fingerprint density at radius 1 is 0.601 bits per heavy atom. The summed E-state index contributed by atoms with van der Waals surface area (Å²) in [5.41, 5.74) is -0.646. The van der Waals surface area contributed by atoms with Crippen LogP contribution in [0.5, 0.6) is 0 Å². The van der Waals surface area contributed by atoms with E-state index in [1.54, 1.807) is 46.8 Å². The Balaban J connectivity index is -0.0000000486. The molecule has 7 unspecified atom stereocenters. The van der Waals surface area contributed by atoms with Crippen LogP contribution in [0.15, 0.2) is 48.6 Å². The van der Waals surface area contributed by atoms with Crippen LogP contribution < -0.4 is 117 Å². The molecule has 4 N–H and O–H groups in total. The Labute approximate surface area is 951 Å². The van der Waals surface area contributed by atoms with Crippen LogP contribution >= 0.6 is 45.8 Å². The van der Waals surface area contributed by atoms with Crippen molar-refractivity contribution in [2.24, 2.45) is 29.6 Å². The number of hydrogen-bond acceptors (Lipinski definition) is 34. The fraction of sp³-hybridized carbons (Fsp3) is 0.798. The number of thiol groups is 1. The number of carbonyl (C=O) groups is 9. The molecule has 138 heavy (non-hydrogen) atoms. The van der Waals surface area contributed by atoms with E-state index in [2.05, 4.69) is 79.2 Å². The smallest absolute Gasteiger partial charge is 1.00 e. The molecule has 8 aliphatic heterocycles. The third-order valence-corrected chi connectivity index (χ3v) is 16.7. The van der Waals surface area contributed by atoms with Crippen molar-refractivity contribution in [2.75, 3.05) is 224 Å². The Bertz CT molecular complexity index is 3020. The normalized spacial score (nSPS) is 16.6. The summed E-state index contributed by atoms with van der Waals surface area (Å²) in [4.78, 5) is 93.2. The first-order valence-corrected chi connectivity index (χ1v) is 42.0. The summed E-state index contributed by atoms with van der Waals surface area (Å²) >= 11 is 6.54. The van der Waals surface area contributed by atoms with Gasteiger partial charge in [-0.3, -0.25) is 9.59 Å². The van der Waals surface area contributed by atoms with E-state index in [-0.39, 0.29) is 335 Å². The van der Waals surface area contributed by atoms with Crippen LogP contribution in [0.4, 0.5) is 26.7 Å². The standard InChI is InChI=1S/C11H18O4.C10H16O4.C10H18O4.C10H16O4.C8H16O3.C8H14O3.C6H9BrO2.C5H7F3O4P.C4H8O2.C3H4O2.C2H3FO.CH5P.CH4S.9CH4.CH3.BrH.F2.K.Li.Mg.Na.H2O.2H/c1-9(4-5-10(12)13-3)6-15-11(2)7-14-8-11;1-8(3-4-9(11)12)5-14-10(2)6-13-7-10;2*1-4-13-9(11)8(2)5-14-10(3)6-12-7-10;2*1-7(3-9)4-11-8(2)5-10-6-8;1-3-9-6(8)5(2)4-7;1-11-4(9)2-13(10)12-3-5(6,7)8;1-4(5)2-6-3-4;4-3-1-5-2-3;3-1-2-4;2*1-2;;;;;;;;;;;;1-2;;;;;;;/h4-5,9H,6-8H2,1-3H3;3-4,8H,5-7H2,1-2H3,(H,11,12);8H,4-7H2,1-3H3;2,4-7H2,1,3H3;7,9H,3-6H2,1-2H3;3,7H,4-6H2,1-2H3;2-4H2,1H3;2-3H2,1H3;5H,2-3H2,1H3;1-2H2;2H,1H2;2H2,1H3;2H,1H3;9*1H4;1H3;1H;;;;;;1H2;;/q;;;;;;;+1;;;;;;;;;;;;;;;-1;;;2*+1;+2;+1;;2*-1/p-2/b5-4-;4-3-;;;;;;;;;;;;;;;;;;;;;;;;;;;;;;/i;;;;;;;;;;;2*1D;;;;;;;;;;;;;;;;;;;. The number of Topliss-reactive ketones (excluding diaryl/α,β-unsaturated/α-hetero) is 1. The molecule has 49 heteroatoms. The molecule has 0 aromatic carbocycles. The van der Waals surface area contributed by atoms with Crippen molar-refractivity contribution in [2.45, 2.75) is 216 Å². The van der Waals surface area contributed by atoms with Gasteiger partial charge in [0.25, 0.3) is 6.16 Å². The predicted molar refractivity (Wildman–Crippen MR) is 525 cm³/mol. The predicted octanol–water partition coefficient (Wildman–Crippen LogP) is 3.40. The molecule has 0 spiro atoms. The minimum absolute atomic E-state index is 0. The zero-order valence-electron chi connectivity index (χ0n) is 83.1. The molecule has 8 saturated heterocycles. The second-order valence-corrected chi connectivity index (χ2v) is 31.0. The topological polar surface area (TPSA) is 446 Å². The number of carboxylic acid groups (broad SMARTS) is 1. The molecule has 7 atom stereocenters. The van der Waals surface area contributed by atoms with Crippen molar-refractivity contribution >= 4 is 123 Å². The third kappa shape index (κ3) is 110. The number of halogens is 8. The summed E-state index contributed by atoms with van der Waals surface area (Å²) in [5, 5.41) is 26.4. The van der Waals surface area contributed by atoms with E-state index in [4.69, 9.17) is 98.3 Å². The number of alkyl halides is 5. The van der Waals surface area contributed by atoms with Crippen molar-refractivity contribution < 1.29 is 312 Å². The van der Waals surface area contributed by atoms with E-state index < -0.39 is 57.2 Å². The molecule has 8 fully saturated rings. The number of aliphatic carboxylic acids is 1. The number of esters is 5. The van der Waals surface area contributed by atoms with Crippen LogP contribution in [0, 0.1) is 37.0 Å². The molecule has 8 rings (SSSR count). The average Bonchev–Trinajstić information content (AvgIpc) is 0.961. The van der Waals surface area contributed by atoms with Gasteiger partial charge in [-0.2, -0.15) is 25.8 Å². The molecule has 34 nitrogen and oxygen atoms in total. The van der Waals surface area contributed by atoms with Gasteiger partial charge in [-0.05, 0) is 98.8 Å². The first kappa shape index (κ1) is 186. The summed E-state index contributed by atoms with van der Waals surface area (Å²) in [5.74, 6) is -2.50. The number of aliphatic hydroxyl groups excluding tert-OH is 1. The molecule has 816 valence electrons. The number of carbonyl (C=O) groups excluding carboxylic acids is 8. The Morgan fingerprint density at radius 2 is 0.891 bits per heavy atom. The number of methoxy groups -OCH3 is 2. The number of ether oxygens (including phenoxy) is 19. The zero-order valence-corrected chi connectivity index (χ0v) is 91.8. The summed E-state index contributed by atoms with van der Waals surface area (Å²) in [7, 11) is 2.01. The van der Waals surface area contributed by atoms with Crippen LogP contribution in [0.2, 0.25) is 0 Å². The molecule has 0 aromatic heterocycles. The van der Waals surface area contributed by atoms with Gasteiger partial charge in [0, 0.05) is 53.4 Å². The first-order chi connectivity index (χ1) is 58.0. The van der Waals surface area contributed by atoms with Crippen LogP contribution in [0.1, 0.15) is 176 Å². The van der Waals surface area contributed by atoms with E-state index in [1.165, 1.54) is 13.2 Å². The van der Waals surface area contributed by atoms with Gasteiger partial charge in [-0.15, -0.1) is 13.8 Å². The molecule has 8 heterocycles. The van der Waals surface area contributed by atoms with Gasteiger partial charge in [0.1, 0.15) is 65.4 Å². The number of ketones is 1. The number of carboxylic acids is 1. The third-order valence-electron chi connectivity index (χ3n) is 15.1. The van der Waals surface area contributed by atoms with E-state index in [1.807, 2.05) is 69.2 Å². The van der Waals surface area contributed by atoms with E-state index >= 15 is 0 Å². The molecular formula is C89H180Br2F6KLiMgNaO34P2S+. The van der Waals surface area contributed by atoms with Crippen molar-refractivity contribution in [3.8, 4) is 0 Å². The molecule has 0 bridgehead atoms. The van der Waals surface area contributed by atoms with Crippen molar-refractivity contribution in [3.63, 3.8) is 0 Å². The minimum atomic E-state index is -4.54. The quantitative estimate of drug-likeness (QED) is 0.00667.